The van der Waals surface area contributed by atoms with Gasteiger partial charge < -0.3 is 14.4 Å². The Morgan fingerprint density at radius 1 is 1.27 bits per heavy atom. The summed E-state index contributed by atoms with van der Waals surface area (Å²) in [7, 11) is 0. The lowest BCUT2D eigenvalue weighted by atomic mass is 9.93. The van der Waals surface area contributed by atoms with Crippen molar-refractivity contribution in [2.75, 3.05) is 26.3 Å². The van der Waals surface area contributed by atoms with Crippen LogP contribution in [0.1, 0.15) is 33.6 Å². The maximum absolute atomic E-state index is 11.4. The van der Waals surface area contributed by atoms with E-state index in [1.807, 2.05) is 13.8 Å². The normalized spacial score (nSPS) is 20.1. The molecule has 1 saturated heterocycles. The smallest absolute Gasteiger partial charge is 0.409 e. The predicted molar refractivity (Wildman–Crippen MR) is 57.9 cm³/mol. The topological polar surface area (TPSA) is 38.8 Å². The highest BCUT2D eigenvalue weighted by Crippen LogP contribution is 2.25. The molecule has 1 amide bonds. The molecule has 0 radical (unpaired) electrons. The maximum atomic E-state index is 11.4. The summed E-state index contributed by atoms with van der Waals surface area (Å²) in [6, 6.07) is 0. The minimum atomic E-state index is -0.198. The summed E-state index contributed by atoms with van der Waals surface area (Å²) in [6.45, 7) is 8.58. The van der Waals surface area contributed by atoms with Gasteiger partial charge in [0.1, 0.15) is 0 Å². The van der Waals surface area contributed by atoms with Crippen LogP contribution in [0.4, 0.5) is 4.79 Å². The largest absolute Gasteiger partial charge is 0.450 e. The van der Waals surface area contributed by atoms with Gasteiger partial charge in [0.15, 0.2) is 0 Å². The quantitative estimate of drug-likeness (QED) is 0.723. The van der Waals surface area contributed by atoms with Crippen molar-refractivity contribution in [1.82, 2.24) is 4.90 Å². The molecule has 0 spiro atoms. The first-order valence-electron chi connectivity index (χ1n) is 5.67. The van der Waals surface area contributed by atoms with Crippen molar-refractivity contribution in [3.63, 3.8) is 0 Å². The highest BCUT2D eigenvalue weighted by Gasteiger charge is 2.32. The number of hydrogen-bond donors (Lipinski definition) is 0. The van der Waals surface area contributed by atoms with Crippen LogP contribution < -0.4 is 0 Å². The molecule has 1 heterocycles. The number of piperidine rings is 1. The Balaban J connectivity index is 2.38. The van der Waals surface area contributed by atoms with Crippen LogP contribution in [-0.2, 0) is 9.47 Å². The van der Waals surface area contributed by atoms with Crippen LogP contribution in [0.3, 0.4) is 0 Å². The van der Waals surface area contributed by atoms with Crippen molar-refractivity contribution < 1.29 is 14.3 Å². The Morgan fingerprint density at radius 3 is 2.33 bits per heavy atom. The Kier molecular flexibility index (Phi) is 4.39. The summed E-state index contributed by atoms with van der Waals surface area (Å²) >= 11 is 0. The van der Waals surface area contributed by atoms with E-state index in [9.17, 15) is 4.79 Å². The van der Waals surface area contributed by atoms with Gasteiger partial charge in [-0.25, -0.2) is 4.79 Å². The van der Waals surface area contributed by atoms with Crippen LogP contribution >= 0.6 is 0 Å². The molecule has 0 saturated carbocycles. The second-order valence-electron chi connectivity index (χ2n) is 4.07. The molecule has 0 bridgehead atoms. The highest BCUT2D eigenvalue weighted by atomic mass is 16.6. The van der Waals surface area contributed by atoms with Crippen molar-refractivity contribution in [1.29, 1.82) is 0 Å². The van der Waals surface area contributed by atoms with Gasteiger partial charge in [0.2, 0.25) is 0 Å². The molecule has 1 fully saturated rings. The number of ether oxygens (including phenoxy) is 2. The van der Waals surface area contributed by atoms with Crippen LogP contribution in [0.2, 0.25) is 0 Å². The van der Waals surface area contributed by atoms with E-state index in [0.29, 0.717) is 6.61 Å². The van der Waals surface area contributed by atoms with Crippen molar-refractivity contribution in [3.8, 4) is 0 Å². The van der Waals surface area contributed by atoms with E-state index < -0.39 is 0 Å². The minimum absolute atomic E-state index is 0.0578. The molecular weight excluding hydrogens is 194 g/mol. The summed E-state index contributed by atoms with van der Waals surface area (Å²) in [5.74, 6) is 0. The lowest BCUT2D eigenvalue weighted by Gasteiger charge is -2.38. The lowest BCUT2D eigenvalue weighted by molar-refractivity contribution is -0.0633. The molecule has 0 aliphatic carbocycles. The summed E-state index contributed by atoms with van der Waals surface area (Å²) < 4.78 is 10.6. The molecule has 0 aromatic heterocycles. The molecule has 0 aromatic rings. The van der Waals surface area contributed by atoms with Gasteiger partial charge in [-0.05, 0) is 33.6 Å². The first-order chi connectivity index (χ1) is 7.11. The molecular formula is C11H21NO3. The van der Waals surface area contributed by atoms with Gasteiger partial charge in [0.05, 0.1) is 12.2 Å². The fourth-order valence-corrected chi connectivity index (χ4v) is 1.87. The molecule has 0 atom stereocenters. The second-order valence-corrected chi connectivity index (χ2v) is 4.07. The first kappa shape index (κ1) is 12.3. The standard InChI is InChI=1S/C11H21NO3/c1-4-14-10(13)12-8-6-11(3,7-9-12)15-5-2/h4-9H2,1-3H3. The van der Waals surface area contributed by atoms with Gasteiger partial charge in [-0.1, -0.05) is 0 Å². The zero-order valence-corrected chi connectivity index (χ0v) is 9.91. The fraction of sp³-hybridized carbons (Fsp3) is 0.909. The van der Waals surface area contributed by atoms with Gasteiger partial charge in [0, 0.05) is 19.7 Å². The molecule has 4 heteroatoms. The van der Waals surface area contributed by atoms with E-state index in [1.54, 1.807) is 4.90 Å². The van der Waals surface area contributed by atoms with Crippen molar-refractivity contribution >= 4 is 6.09 Å². The van der Waals surface area contributed by atoms with Gasteiger partial charge in [0.25, 0.3) is 0 Å². The Bertz CT molecular complexity index is 210. The monoisotopic (exact) mass is 215 g/mol. The van der Waals surface area contributed by atoms with E-state index in [0.717, 1.165) is 32.5 Å². The van der Waals surface area contributed by atoms with E-state index in [1.165, 1.54) is 0 Å². The van der Waals surface area contributed by atoms with Crippen molar-refractivity contribution in [2.24, 2.45) is 0 Å². The van der Waals surface area contributed by atoms with E-state index in [2.05, 4.69) is 6.92 Å². The average Bonchev–Trinajstić information content (AvgIpc) is 2.19. The highest BCUT2D eigenvalue weighted by molar-refractivity contribution is 5.67. The molecule has 15 heavy (non-hydrogen) atoms. The minimum Gasteiger partial charge on any atom is -0.450 e. The third kappa shape index (κ3) is 3.38. The third-order valence-corrected chi connectivity index (χ3v) is 2.84. The van der Waals surface area contributed by atoms with E-state index >= 15 is 0 Å². The van der Waals surface area contributed by atoms with Gasteiger partial charge >= 0.3 is 6.09 Å². The fourth-order valence-electron chi connectivity index (χ4n) is 1.87. The second kappa shape index (κ2) is 5.35. The third-order valence-electron chi connectivity index (χ3n) is 2.84. The maximum Gasteiger partial charge on any atom is 0.409 e. The van der Waals surface area contributed by atoms with Crippen LogP contribution in [0.25, 0.3) is 0 Å². The van der Waals surface area contributed by atoms with Gasteiger partial charge in [-0.15, -0.1) is 0 Å². The summed E-state index contributed by atoms with van der Waals surface area (Å²) in [6.07, 6.45) is 1.58. The zero-order chi connectivity index (χ0) is 11.3. The number of carbonyl (C=O) groups is 1. The van der Waals surface area contributed by atoms with E-state index in [4.69, 9.17) is 9.47 Å². The lowest BCUT2D eigenvalue weighted by Crippen LogP contribution is -2.46. The molecule has 0 N–H and O–H groups in total. The predicted octanol–water partition coefficient (Wildman–Crippen LogP) is 2.03. The average molecular weight is 215 g/mol. The molecule has 4 nitrogen and oxygen atoms in total. The number of hydrogen-bond acceptors (Lipinski definition) is 3. The number of nitrogens with zero attached hydrogens (tertiary/aromatic N) is 1. The molecule has 0 aromatic carbocycles. The van der Waals surface area contributed by atoms with Gasteiger partial charge in [-0.3, -0.25) is 0 Å². The summed E-state index contributed by atoms with van der Waals surface area (Å²) in [4.78, 5) is 13.2. The first-order valence-corrected chi connectivity index (χ1v) is 5.67. The SMILES string of the molecule is CCOC(=O)N1CCC(C)(OCC)CC1. The summed E-state index contributed by atoms with van der Waals surface area (Å²) in [5, 5.41) is 0. The van der Waals surface area contributed by atoms with E-state index in [-0.39, 0.29) is 11.7 Å². The molecule has 1 rings (SSSR count). The van der Waals surface area contributed by atoms with Crippen molar-refractivity contribution in [3.05, 3.63) is 0 Å². The molecule has 1 aliphatic heterocycles. The number of likely N-dealkylation sites (tertiary alicyclic amines) is 1. The molecule has 88 valence electrons. The Labute approximate surface area is 91.5 Å². The summed E-state index contributed by atoms with van der Waals surface area (Å²) in [5.41, 5.74) is -0.0578. The van der Waals surface area contributed by atoms with Crippen LogP contribution in [0, 0.1) is 0 Å². The number of rotatable bonds is 3. The Morgan fingerprint density at radius 2 is 1.87 bits per heavy atom. The molecule has 0 unspecified atom stereocenters. The van der Waals surface area contributed by atoms with Gasteiger partial charge in [-0.2, -0.15) is 0 Å². The van der Waals surface area contributed by atoms with Crippen LogP contribution in [0.5, 0.6) is 0 Å². The number of carbonyl (C=O) groups excluding carboxylic acids is 1. The van der Waals surface area contributed by atoms with Crippen LogP contribution in [-0.4, -0.2) is 42.9 Å². The Hall–Kier alpha value is -0.770. The molecule has 1 aliphatic rings. The number of amides is 1. The zero-order valence-electron chi connectivity index (χ0n) is 9.91. The van der Waals surface area contributed by atoms with Crippen molar-refractivity contribution in [2.45, 2.75) is 39.2 Å². The van der Waals surface area contributed by atoms with Crippen LogP contribution in [0.15, 0.2) is 0 Å².